The quantitative estimate of drug-likeness (QED) is 0.673. The molecule has 0 amide bonds. The maximum atomic E-state index is 10.3. The molecule has 1 atom stereocenters. The van der Waals surface area contributed by atoms with E-state index in [2.05, 4.69) is 0 Å². The summed E-state index contributed by atoms with van der Waals surface area (Å²) in [5.41, 5.74) is 0. The van der Waals surface area contributed by atoms with Gasteiger partial charge < -0.3 is 5.11 Å². The first kappa shape index (κ1) is 10.8. The Kier molecular flexibility index (Phi) is 5.32. The van der Waals surface area contributed by atoms with Crippen molar-refractivity contribution in [3.05, 3.63) is 0 Å². The lowest BCUT2D eigenvalue weighted by molar-refractivity contribution is -0.138. The molecule has 0 rings (SSSR count). The minimum absolute atomic E-state index is 0.127. The van der Waals surface area contributed by atoms with E-state index in [4.69, 9.17) is 5.11 Å². The van der Waals surface area contributed by atoms with Gasteiger partial charge in [-0.2, -0.15) is 11.8 Å². The van der Waals surface area contributed by atoms with Gasteiger partial charge in [-0.3, -0.25) is 9.69 Å². The van der Waals surface area contributed by atoms with Crippen LogP contribution in [0.5, 0.6) is 0 Å². The summed E-state index contributed by atoms with van der Waals surface area (Å²) >= 11 is 1.73. The van der Waals surface area contributed by atoms with Crippen LogP contribution in [0.1, 0.15) is 6.92 Å². The van der Waals surface area contributed by atoms with E-state index in [0.29, 0.717) is 6.04 Å². The molecule has 4 heteroatoms. The van der Waals surface area contributed by atoms with Crippen molar-refractivity contribution in [1.29, 1.82) is 0 Å². The first-order valence-corrected chi connectivity index (χ1v) is 4.88. The molecule has 0 aromatic carbocycles. The highest BCUT2D eigenvalue weighted by atomic mass is 32.2. The minimum atomic E-state index is -0.763. The van der Waals surface area contributed by atoms with Crippen LogP contribution in [-0.4, -0.2) is 47.6 Å². The molecule has 0 radical (unpaired) electrons. The normalized spacial score (nSPS) is 13.5. The first-order valence-electron chi connectivity index (χ1n) is 3.49. The van der Waals surface area contributed by atoms with E-state index in [0.717, 1.165) is 5.75 Å². The van der Waals surface area contributed by atoms with Crippen LogP contribution in [0.4, 0.5) is 0 Å². The highest BCUT2D eigenvalue weighted by molar-refractivity contribution is 7.98. The van der Waals surface area contributed by atoms with Gasteiger partial charge in [0, 0.05) is 11.8 Å². The Labute approximate surface area is 71.8 Å². The van der Waals surface area contributed by atoms with Gasteiger partial charge in [0.25, 0.3) is 0 Å². The van der Waals surface area contributed by atoms with Crippen molar-refractivity contribution in [1.82, 2.24) is 4.90 Å². The number of nitrogens with zero attached hydrogens (tertiary/aromatic N) is 1. The van der Waals surface area contributed by atoms with Crippen LogP contribution >= 0.6 is 11.8 Å². The second-order valence-electron chi connectivity index (χ2n) is 2.61. The van der Waals surface area contributed by atoms with Crippen LogP contribution in [0, 0.1) is 0 Å². The van der Waals surface area contributed by atoms with Crippen molar-refractivity contribution in [3.8, 4) is 0 Å². The predicted octanol–water partition coefficient (Wildman–Crippen LogP) is 0.754. The second-order valence-corrected chi connectivity index (χ2v) is 3.52. The fraction of sp³-hybridized carbons (Fsp3) is 0.857. The van der Waals surface area contributed by atoms with Crippen LogP contribution in [0.3, 0.4) is 0 Å². The Morgan fingerprint density at radius 2 is 2.27 bits per heavy atom. The van der Waals surface area contributed by atoms with Gasteiger partial charge >= 0.3 is 5.97 Å². The number of carboxylic acid groups (broad SMARTS) is 1. The molecule has 0 fully saturated rings. The van der Waals surface area contributed by atoms with Gasteiger partial charge in [-0.05, 0) is 20.2 Å². The summed E-state index contributed by atoms with van der Waals surface area (Å²) in [5, 5.41) is 8.45. The molecule has 0 aliphatic rings. The van der Waals surface area contributed by atoms with Crippen molar-refractivity contribution in [2.75, 3.05) is 25.6 Å². The molecule has 0 aliphatic carbocycles. The lowest BCUT2D eigenvalue weighted by atomic mass is 10.3. The highest BCUT2D eigenvalue weighted by Crippen LogP contribution is 2.02. The van der Waals surface area contributed by atoms with Crippen molar-refractivity contribution >= 4 is 17.7 Å². The number of aliphatic carboxylic acids is 1. The van der Waals surface area contributed by atoms with Crippen LogP contribution in [0.15, 0.2) is 0 Å². The molecule has 3 nitrogen and oxygen atoms in total. The molecule has 0 spiro atoms. The molecular formula is C7H15NO2S. The van der Waals surface area contributed by atoms with Crippen LogP contribution in [0.25, 0.3) is 0 Å². The first-order chi connectivity index (χ1) is 5.07. The van der Waals surface area contributed by atoms with Gasteiger partial charge in [-0.1, -0.05) is 0 Å². The molecule has 0 aromatic rings. The zero-order chi connectivity index (χ0) is 8.85. The fourth-order valence-corrected chi connectivity index (χ4v) is 1.47. The van der Waals surface area contributed by atoms with Gasteiger partial charge in [0.1, 0.15) is 0 Å². The van der Waals surface area contributed by atoms with Crippen molar-refractivity contribution in [3.63, 3.8) is 0 Å². The molecule has 0 aliphatic heterocycles. The minimum Gasteiger partial charge on any atom is -0.480 e. The largest absolute Gasteiger partial charge is 0.480 e. The SMILES string of the molecule is CSCC(C)N(C)CC(=O)O. The number of carboxylic acids is 1. The third kappa shape index (κ3) is 5.09. The highest BCUT2D eigenvalue weighted by Gasteiger charge is 2.10. The Bertz CT molecular complexity index is 130. The molecule has 1 N–H and O–H groups in total. The van der Waals surface area contributed by atoms with E-state index in [-0.39, 0.29) is 6.54 Å². The zero-order valence-corrected chi connectivity index (χ0v) is 8.02. The van der Waals surface area contributed by atoms with Crippen molar-refractivity contribution in [2.24, 2.45) is 0 Å². The van der Waals surface area contributed by atoms with E-state index in [1.165, 1.54) is 0 Å². The number of hydrogen-bond acceptors (Lipinski definition) is 3. The van der Waals surface area contributed by atoms with E-state index in [9.17, 15) is 4.79 Å². The van der Waals surface area contributed by atoms with E-state index in [1.54, 1.807) is 11.8 Å². The lowest BCUT2D eigenvalue weighted by Gasteiger charge is -2.21. The summed E-state index contributed by atoms with van der Waals surface area (Å²) in [7, 11) is 1.83. The van der Waals surface area contributed by atoms with Gasteiger partial charge in [0.2, 0.25) is 0 Å². The Morgan fingerprint density at radius 1 is 1.73 bits per heavy atom. The van der Waals surface area contributed by atoms with Gasteiger partial charge in [-0.15, -0.1) is 0 Å². The summed E-state index contributed by atoms with van der Waals surface area (Å²) in [6, 6.07) is 0.334. The van der Waals surface area contributed by atoms with Crippen LogP contribution < -0.4 is 0 Å². The fourth-order valence-electron chi connectivity index (χ4n) is 0.738. The molecule has 0 bridgehead atoms. The molecule has 0 aromatic heterocycles. The van der Waals surface area contributed by atoms with Gasteiger partial charge in [0.05, 0.1) is 6.54 Å². The molecule has 0 saturated carbocycles. The maximum Gasteiger partial charge on any atom is 0.317 e. The van der Waals surface area contributed by atoms with Gasteiger partial charge in [0.15, 0.2) is 0 Å². The van der Waals surface area contributed by atoms with Crippen LogP contribution in [0.2, 0.25) is 0 Å². The summed E-state index contributed by atoms with van der Waals surface area (Å²) in [4.78, 5) is 12.1. The van der Waals surface area contributed by atoms with E-state index < -0.39 is 5.97 Å². The van der Waals surface area contributed by atoms with Gasteiger partial charge in [-0.25, -0.2) is 0 Å². The topological polar surface area (TPSA) is 40.5 Å². The van der Waals surface area contributed by atoms with E-state index >= 15 is 0 Å². The Balaban J connectivity index is 3.63. The molecule has 0 heterocycles. The average molecular weight is 177 g/mol. The molecular weight excluding hydrogens is 162 g/mol. The second kappa shape index (κ2) is 5.43. The summed E-state index contributed by atoms with van der Waals surface area (Å²) in [5.74, 6) is 0.213. The average Bonchev–Trinajstić information content (AvgIpc) is 1.86. The number of carbonyl (C=O) groups is 1. The molecule has 1 unspecified atom stereocenters. The third-order valence-corrected chi connectivity index (χ3v) is 2.36. The zero-order valence-electron chi connectivity index (χ0n) is 7.20. The number of hydrogen-bond donors (Lipinski definition) is 1. The molecule has 11 heavy (non-hydrogen) atoms. The van der Waals surface area contributed by atoms with E-state index in [1.807, 2.05) is 25.1 Å². The van der Waals surface area contributed by atoms with Crippen molar-refractivity contribution < 1.29 is 9.90 Å². The number of rotatable bonds is 5. The summed E-state index contributed by atoms with van der Waals surface area (Å²) < 4.78 is 0. The van der Waals surface area contributed by atoms with Crippen LogP contribution in [-0.2, 0) is 4.79 Å². The lowest BCUT2D eigenvalue weighted by Crippen LogP contribution is -2.35. The Morgan fingerprint density at radius 3 is 2.64 bits per heavy atom. The summed E-state index contributed by atoms with van der Waals surface area (Å²) in [6.45, 7) is 2.15. The Hall–Kier alpha value is -0.220. The maximum absolute atomic E-state index is 10.3. The molecule has 0 saturated heterocycles. The monoisotopic (exact) mass is 177 g/mol. The smallest absolute Gasteiger partial charge is 0.317 e. The summed E-state index contributed by atoms with van der Waals surface area (Å²) in [6.07, 6.45) is 2.02. The number of thioether (sulfide) groups is 1. The molecule has 66 valence electrons. The predicted molar refractivity (Wildman–Crippen MR) is 48.1 cm³/mol. The van der Waals surface area contributed by atoms with Crippen molar-refractivity contribution in [2.45, 2.75) is 13.0 Å². The standard InChI is InChI=1S/C7H15NO2S/c1-6(5-11-3)8(2)4-7(9)10/h6H,4-5H2,1-3H3,(H,9,10). The number of likely N-dealkylation sites (N-methyl/N-ethyl adjacent to an activating group) is 1. The third-order valence-electron chi connectivity index (χ3n) is 1.54.